The molecule has 0 spiro atoms. The van der Waals surface area contributed by atoms with Gasteiger partial charge in [0, 0.05) is 55.8 Å². The van der Waals surface area contributed by atoms with Gasteiger partial charge in [0.1, 0.15) is 23.4 Å². The number of carbonyl (C=O) groups is 3. The molecule has 3 heterocycles. The average Bonchev–Trinajstić information content (AvgIpc) is 3.05. The highest BCUT2D eigenvalue weighted by atomic mass is 19.1. The van der Waals surface area contributed by atoms with Crippen LogP contribution in [-0.4, -0.2) is 78.8 Å². The molecule has 2 atom stereocenters. The lowest BCUT2D eigenvalue weighted by atomic mass is 9.88. The molecule has 0 saturated carbocycles. The summed E-state index contributed by atoms with van der Waals surface area (Å²) in [5, 5.41) is 0. The first-order chi connectivity index (χ1) is 20.8. The first kappa shape index (κ1) is 30.4. The van der Waals surface area contributed by atoms with Crippen LogP contribution in [0, 0.1) is 11.8 Å². The molecule has 9 heteroatoms. The van der Waals surface area contributed by atoms with Crippen molar-refractivity contribution in [3.05, 3.63) is 89.2 Å². The van der Waals surface area contributed by atoms with Crippen molar-refractivity contribution in [3.8, 4) is 11.5 Å². The fourth-order valence-corrected chi connectivity index (χ4v) is 5.96. The van der Waals surface area contributed by atoms with Crippen molar-refractivity contribution in [2.45, 2.75) is 38.4 Å². The molecule has 0 radical (unpaired) electrons. The first-order valence-electron chi connectivity index (χ1n) is 14.8. The van der Waals surface area contributed by atoms with Gasteiger partial charge in [-0.15, -0.1) is 0 Å². The van der Waals surface area contributed by atoms with E-state index in [0.717, 1.165) is 11.3 Å². The third-order valence-corrected chi connectivity index (χ3v) is 8.58. The Morgan fingerprint density at radius 3 is 2.26 bits per heavy atom. The summed E-state index contributed by atoms with van der Waals surface area (Å²) >= 11 is 0. The van der Waals surface area contributed by atoms with Gasteiger partial charge in [0.25, 0.3) is 5.91 Å². The van der Waals surface area contributed by atoms with E-state index in [-0.39, 0.29) is 48.0 Å². The number of ether oxygens (including phenoxy) is 2. The number of ketones is 2. The van der Waals surface area contributed by atoms with E-state index in [4.69, 9.17) is 9.47 Å². The Morgan fingerprint density at radius 2 is 1.60 bits per heavy atom. The number of rotatable bonds is 10. The van der Waals surface area contributed by atoms with E-state index >= 15 is 4.39 Å². The molecule has 0 aliphatic carbocycles. The lowest BCUT2D eigenvalue weighted by Crippen LogP contribution is -2.42. The standard InChI is InChI=1S/C34H38FN3O5/c1-42-28-9-6-24(7-10-28)33(40)25-13-16-38(17-14-25)34(41)31-11-8-27(20-36-31)32(39)19-26-12-15-37(22-30(26)35)21-23-4-3-5-29(18-23)43-2/h3-11,18,20,25-26,30H,12-17,19,21-22H2,1-2H3/t26?,30-/m1/s1. The van der Waals surface area contributed by atoms with Gasteiger partial charge in [-0.3, -0.25) is 24.3 Å². The number of carbonyl (C=O) groups excluding carboxylic acids is 3. The summed E-state index contributed by atoms with van der Waals surface area (Å²) in [5.74, 6) is 0.674. The Morgan fingerprint density at radius 1 is 0.884 bits per heavy atom. The summed E-state index contributed by atoms with van der Waals surface area (Å²) in [6, 6.07) is 18.0. The van der Waals surface area contributed by atoms with Crippen LogP contribution in [0.5, 0.6) is 11.5 Å². The second-order valence-corrected chi connectivity index (χ2v) is 11.4. The number of hydrogen-bond donors (Lipinski definition) is 0. The monoisotopic (exact) mass is 587 g/mol. The lowest BCUT2D eigenvalue weighted by Gasteiger charge is -2.34. The topological polar surface area (TPSA) is 89.0 Å². The van der Waals surface area contributed by atoms with Gasteiger partial charge in [-0.05, 0) is 85.8 Å². The number of alkyl halides is 1. The van der Waals surface area contributed by atoms with Crippen LogP contribution < -0.4 is 9.47 Å². The van der Waals surface area contributed by atoms with Crippen LogP contribution in [0.15, 0.2) is 66.9 Å². The van der Waals surface area contributed by atoms with Gasteiger partial charge in [-0.1, -0.05) is 12.1 Å². The van der Waals surface area contributed by atoms with Gasteiger partial charge in [0.2, 0.25) is 0 Å². The van der Waals surface area contributed by atoms with Crippen molar-refractivity contribution in [1.82, 2.24) is 14.8 Å². The van der Waals surface area contributed by atoms with Gasteiger partial charge in [-0.25, -0.2) is 4.39 Å². The molecule has 5 rings (SSSR count). The fourth-order valence-electron chi connectivity index (χ4n) is 5.96. The maximum Gasteiger partial charge on any atom is 0.272 e. The minimum Gasteiger partial charge on any atom is -0.497 e. The average molecular weight is 588 g/mol. The van der Waals surface area contributed by atoms with Crippen LogP contribution >= 0.6 is 0 Å². The van der Waals surface area contributed by atoms with Crippen LogP contribution in [0.4, 0.5) is 4.39 Å². The minimum atomic E-state index is -1.10. The van der Waals surface area contributed by atoms with E-state index in [1.807, 2.05) is 24.3 Å². The third kappa shape index (κ3) is 7.46. The van der Waals surface area contributed by atoms with E-state index in [0.29, 0.717) is 62.3 Å². The first-order valence-corrected chi connectivity index (χ1v) is 14.8. The Hall–Kier alpha value is -4.11. The summed E-state index contributed by atoms with van der Waals surface area (Å²) in [4.78, 5) is 47.0. The van der Waals surface area contributed by atoms with Crippen LogP contribution in [0.25, 0.3) is 0 Å². The van der Waals surface area contributed by atoms with Crippen LogP contribution in [0.3, 0.4) is 0 Å². The largest absolute Gasteiger partial charge is 0.497 e. The second-order valence-electron chi connectivity index (χ2n) is 11.4. The van der Waals surface area contributed by atoms with Crippen LogP contribution in [-0.2, 0) is 6.54 Å². The molecule has 226 valence electrons. The van der Waals surface area contributed by atoms with E-state index < -0.39 is 6.17 Å². The molecule has 43 heavy (non-hydrogen) atoms. The van der Waals surface area contributed by atoms with Gasteiger partial charge < -0.3 is 14.4 Å². The summed E-state index contributed by atoms with van der Waals surface area (Å²) in [6.45, 7) is 2.55. The molecule has 8 nitrogen and oxygen atoms in total. The van der Waals surface area contributed by atoms with Gasteiger partial charge in [-0.2, -0.15) is 0 Å². The molecule has 2 aliphatic heterocycles. The van der Waals surface area contributed by atoms with Crippen LogP contribution in [0.1, 0.15) is 62.5 Å². The SMILES string of the molecule is COc1ccc(C(=O)C2CCN(C(=O)c3ccc(C(=O)CC4CCN(Cc5cccc(OC)c5)C[C@H]4F)cn3)CC2)cc1. The molecule has 2 aliphatic rings. The van der Waals surface area contributed by atoms with Crippen molar-refractivity contribution in [2.24, 2.45) is 11.8 Å². The Bertz CT molecular complexity index is 1420. The Balaban J connectivity index is 1.09. The van der Waals surface area contributed by atoms with E-state index in [1.54, 1.807) is 55.5 Å². The normalized spacial score (nSPS) is 19.6. The molecule has 0 bridgehead atoms. The highest BCUT2D eigenvalue weighted by molar-refractivity contribution is 5.99. The second kappa shape index (κ2) is 13.9. The molecule has 2 fully saturated rings. The van der Waals surface area contributed by atoms with Gasteiger partial charge in [0.15, 0.2) is 11.6 Å². The van der Waals surface area contributed by atoms with Gasteiger partial charge in [0.05, 0.1) is 14.2 Å². The van der Waals surface area contributed by atoms with Crippen LogP contribution in [0.2, 0.25) is 0 Å². The predicted molar refractivity (Wildman–Crippen MR) is 160 cm³/mol. The van der Waals surface area contributed by atoms with Crippen molar-refractivity contribution >= 4 is 17.5 Å². The number of likely N-dealkylation sites (tertiary alicyclic amines) is 2. The van der Waals surface area contributed by atoms with Crippen molar-refractivity contribution in [3.63, 3.8) is 0 Å². The van der Waals surface area contributed by atoms with Crippen molar-refractivity contribution in [2.75, 3.05) is 40.4 Å². The van der Waals surface area contributed by atoms with E-state index in [2.05, 4.69) is 9.88 Å². The molecular formula is C34H38FN3O5. The molecule has 1 amide bonds. The zero-order chi connectivity index (χ0) is 30.3. The number of benzene rings is 2. The summed E-state index contributed by atoms with van der Waals surface area (Å²) in [6.07, 6.45) is 2.18. The fraction of sp³-hybridized carbons (Fsp3) is 0.412. The van der Waals surface area contributed by atoms with E-state index in [1.165, 1.54) is 6.20 Å². The number of amides is 1. The molecule has 0 N–H and O–H groups in total. The number of hydrogen-bond acceptors (Lipinski definition) is 7. The summed E-state index contributed by atoms with van der Waals surface area (Å²) in [7, 11) is 3.21. The molecule has 3 aromatic rings. The van der Waals surface area contributed by atoms with Gasteiger partial charge >= 0.3 is 0 Å². The Kier molecular flexibility index (Phi) is 9.82. The predicted octanol–water partition coefficient (Wildman–Crippen LogP) is 5.27. The highest BCUT2D eigenvalue weighted by Gasteiger charge is 2.32. The zero-order valence-electron chi connectivity index (χ0n) is 24.7. The number of methoxy groups -OCH3 is 2. The zero-order valence-corrected chi connectivity index (χ0v) is 24.7. The van der Waals surface area contributed by atoms with Crippen molar-refractivity contribution < 1.29 is 28.2 Å². The number of Topliss-reactive ketones (excluding diaryl/α,β-unsaturated/α-hetero) is 2. The molecule has 2 saturated heterocycles. The molecule has 1 unspecified atom stereocenters. The van der Waals surface area contributed by atoms with Crippen molar-refractivity contribution in [1.29, 1.82) is 0 Å². The van der Waals surface area contributed by atoms with E-state index in [9.17, 15) is 14.4 Å². The Labute approximate surface area is 251 Å². The smallest absolute Gasteiger partial charge is 0.272 e. The molecule has 2 aromatic carbocycles. The molecule has 1 aromatic heterocycles. The third-order valence-electron chi connectivity index (χ3n) is 8.58. The summed E-state index contributed by atoms with van der Waals surface area (Å²) < 4.78 is 25.5. The minimum absolute atomic E-state index is 0.0776. The lowest BCUT2D eigenvalue weighted by molar-refractivity contribution is 0.0644. The number of pyridine rings is 1. The quantitative estimate of drug-likeness (QED) is 0.299. The number of piperidine rings is 2. The number of nitrogens with zero attached hydrogens (tertiary/aromatic N) is 3. The maximum atomic E-state index is 15.1. The maximum absolute atomic E-state index is 15.1. The molecular weight excluding hydrogens is 549 g/mol. The number of aromatic nitrogens is 1. The summed E-state index contributed by atoms with van der Waals surface area (Å²) in [5.41, 5.74) is 2.34. The highest BCUT2D eigenvalue weighted by Crippen LogP contribution is 2.28. The number of halogens is 1.